The smallest absolute Gasteiger partial charge is 0.257 e. The number of methoxy groups -OCH3 is 1. The van der Waals surface area contributed by atoms with Crippen LogP contribution in [0, 0.1) is 0 Å². The van der Waals surface area contributed by atoms with E-state index in [4.69, 9.17) is 14.2 Å². The van der Waals surface area contributed by atoms with Gasteiger partial charge in [0.05, 0.1) is 13.7 Å². The van der Waals surface area contributed by atoms with Crippen LogP contribution in [0.3, 0.4) is 0 Å². The van der Waals surface area contributed by atoms with E-state index in [2.05, 4.69) is 36.0 Å². The number of pyridine rings is 1. The van der Waals surface area contributed by atoms with Crippen molar-refractivity contribution in [2.24, 2.45) is 0 Å². The van der Waals surface area contributed by atoms with E-state index in [0.29, 0.717) is 24.7 Å². The number of halogens is 1. The number of ether oxygens (including phenoxy) is 3. The van der Waals surface area contributed by atoms with Crippen LogP contribution in [0.1, 0.15) is 116 Å². The molecule has 0 radical (unpaired) electrons. The molecule has 0 aliphatic rings. The van der Waals surface area contributed by atoms with Crippen LogP contribution in [0.2, 0.25) is 0 Å². The minimum atomic E-state index is -0.150. The third kappa shape index (κ3) is 17.2. The average molecular weight is 697 g/mol. The maximum Gasteiger partial charge on any atom is 0.257 e. The van der Waals surface area contributed by atoms with Crippen molar-refractivity contribution in [3.63, 3.8) is 0 Å². The van der Waals surface area contributed by atoms with Gasteiger partial charge in [-0.15, -0.1) is 0 Å². The Kier molecular flexibility index (Phi) is 23.0. The van der Waals surface area contributed by atoms with E-state index in [1.54, 1.807) is 7.11 Å². The standard InChI is InChI=1S/C35H56N2O4.HI/c1-4-6-7-8-9-10-11-12-13-14-15-16-17-20-28-40-32-22-23-33(34(29-32)39-3)41-30-35(38)36-25-24-31-21-18-19-27-37(31)26-5-2;/h18-19,21-23,27,29H,4-17,20,24-26,28,30H2,1-3H3;1H. The highest BCUT2D eigenvalue weighted by atomic mass is 127. The van der Waals surface area contributed by atoms with E-state index in [1.807, 2.05) is 30.3 Å². The summed E-state index contributed by atoms with van der Waals surface area (Å²) in [4.78, 5) is 12.3. The predicted octanol–water partition coefficient (Wildman–Crippen LogP) is 4.99. The van der Waals surface area contributed by atoms with Crippen LogP contribution in [-0.2, 0) is 17.8 Å². The van der Waals surface area contributed by atoms with E-state index >= 15 is 0 Å². The van der Waals surface area contributed by atoms with Crippen molar-refractivity contribution < 1.29 is 47.5 Å². The van der Waals surface area contributed by atoms with Gasteiger partial charge in [0.25, 0.3) is 5.91 Å². The van der Waals surface area contributed by atoms with Gasteiger partial charge in [0.1, 0.15) is 12.3 Å². The molecule has 7 heteroatoms. The van der Waals surface area contributed by atoms with Crippen LogP contribution in [0.15, 0.2) is 42.6 Å². The molecule has 2 rings (SSSR count). The third-order valence-electron chi connectivity index (χ3n) is 7.46. The number of rotatable bonds is 25. The number of amides is 1. The van der Waals surface area contributed by atoms with Crippen LogP contribution >= 0.6 is 0 Å². The van der Waals surface area contributed by atoms with E-state index in [9.17, 15) is 4.79 Å². The lowest BCUT2D eigenvalue weighted by Gasteiger charge is -2.13. The molecule has 0 bridgehead atoms. The monoisotopic (exact) mass is 696 g/mol. The fraction of sp³-hybridized carbons (Fsp3) is 0.657. The summed E-state index contributed by atoms with van der Waals surface area (Å²) in [7, 11) is 1.60. The fourth-order valence-corrected chi connectivity index (χ4v) is 5.07. The Balaban J connectivity index is 0.00000882. The molecule has 1 aromatic heterocycles. The molecular weight excluding hydrogens is 639 g/mol. The molecule has 0 unspecified atom stereocenters. The molecule has 238 valence electrons. The Morgan fingerprint density at radius 1 is 0.762 bits per heavy atom. The predicted molar refractivity (Wildman–Crippen MR) is 168 cm³/mol. The van der Waals surface area contributed by atoms with Gasteiger partial charge >= 0.3 is 0 Å². The highest BCUT2D eigenvalue weighted by Crippen LogP contribution is 2.31. The SMILES string of the molecule is CCCCCCCCCCCCCCCCOc1ccc(OCC(=O)NCCc2cccc[n+]2CCC)c(OC)c1.[I-]. The normalized spacial score (nSPS) is 10.6. The summed E-state index contributed by atoms with van der Waals surface area (Å²) in [5.41, 5.74) is 1.21. The zero-order valence-electron chi connectivity index (χ0n) is 26.6. The summed E-state index contributed by atoms with van der Waals surface area (Å²) < 4.78 is 19.4. The number of hydrogen-bond donors (Lipinski definition) is 1. The van der Waals surface area contributed by atoms with Crippen LogP contribution in [-0.4, -0.2) is 32.8 Å². The van der Waals surface area contributed by atoms with Crippen LogP contribution in [0.5, 0.6) is 17.2 Å². The quantitative estimate of drug-likeness (QED) is 0.0904. The average Bonchev–Trinajstić information content (AvgIpc) is 2.99. The second-order valence-electron chi connectivity index (χ2n) is 11.0. The molecule has 6 nitrogen and oxygen atoms in total. The molecule has 0 fully saturated rings. The van der Waals surface area contributed by atoms with Gasteiger partial charge in [-0.1, -0.05) is 103 Å². The maximum absolute atomic E-state index is 12.3. The number of nitrogens with zero attached hydrogens (tertiary/aromatic N) is 1. The van der Waals surface area contributed by atoms with Crippen molar-refractivity contribution in [3.05, 3.63) is 48.3 Å². The molecule has 0 aliphatic carbocycles. The minimum absolute atomic E-state index is 0. The molecule has 0 saturated heterocycles. The van der Waals surface area contributed by atoms with Gasteiger partial charge in [0.15, 0.2) is 30.0 Å². The summed E-state index contributed by atoms with van der Waals surface area (Å²) in [6, 6.07) is 11.7. The summed E-state index contributed by atoms with van der Waals surface area (Å²) in [6.07, 6.45) is 22.8. The number of aromatic nitrogens is 1. The number of hydrogen-bond acceptors (Lipinski definition) is 4. The number of nitrogens with one attached hydrogen (secondary N) is 1. The first-order chi connectivity index (χ1) is 20.2. The molecule has 1 amide bonds. The van der Waals surface area contributed by atoms with Crippen LogP contribution in [0.4, 0.5) is 0 Å². The van der Waals surface area contributed by atoms with Gasteiger partial charge < -0.3 is 43.5 Å². The van der Waals surface area contributed by atoms with Crippen molar-refractivity contribution in [2.45, 2.75) is 123 Å². The molecule has 0 spiro atoms. The van der Waals surface area contributed by atoms with Crippen LogP contribution < -0.4 is 48.1 Å². The Hall–Kier alpha value is -2.03. The van der Waals surface area contributed by atoms with Crippen molar-refractivity contribution in [3.8, 4) is 17.2 Å². The highest BCUT2D eigenvalue weighted by molar-refractivity contribution is 5.77. The third-order valence-corrected chi connectivity index (χ3v) is 7.46. The zero-order valence-corrected chi connectivity index (χ0v) is 28.8. The Morgan fingerprint density at radius 2 is 1.40 bits per heavy atom. The molecule has 0 atom stereocenters. The Labute approximate surface area is 273 Å². The highest BCUT2D eigenvalue weighted by Gasteiger charge is 2.11. The minimum Gasteiger partial charge on any atom is -1.00 e. The van der Waals surface area contributed by atoms with E-state index < -0.39 is 0 Å². The maximum atomic E-state index is 12.3. The van der Waals surface area contributed by atoms with Gasteiger partial charge in [-0.3, -0.25) is 4.79 Å². The van der Waals surface area contributed by atoms with E-state index in [0.717, 1.165) is 31.6 Å². The first kappa shape index (κ1) is 38.0. The summed E-state index contributed by atoms with van der Waals surface area (Å²) in [6.45, 7) is 6.63. The number of aryl methyl sites for hydroxylation is 1. The van der Waals surface area contributed by atoms with Crippen LogP contribution in [0.25, 0.3) is 0 Å². The lowest BCUT2D eigenvalue weighted by Crippen LogP contribution is -3.00. The lowest BCUT2D eigenvalue weighted by molar-refractivity contribution is -0.704. The molecule has 1 heterocycles. The number of unbranched alkanes of at least 4 members (excludes halogenated alkanes) is 13. The molecule has 1 N–H and O–H groups in total. The molecule has 42 heavy (non-hydrogen) atoms. The van der Waals surface area contributed by atoms with E-state index in [1.165, 1.54) is 89.2 Å². The summed E-state index contributed by atoms with van der Waals surface area (Å²) >= 11 is 0. The summed E-state index contributed by atoms with van der Waals surface area (Å²) in [5.74, 6) is 1.72. The second-order valence-corrected chi connectivity index (χ2v) is 11.0. The first-order valence-electron chi connectivity index (χ1n) is 16.4. The van der Waals surface area contributed by atoms with Gasteiger partial charge in [0, 0.05) is 37.6 Å². The zero-order chi connectivity index (χ0) is 29.4. The largest absolute Gasteiger partial charge is 1.00 e. The van der Waals surface area contributed by atoms with E-state index in [-0.39, 0.29) is 36.5 Å². The topological polar surface area (TPSA) is 60.7 Å². The molecule has 0 saturated carbocycles. The molecular formula is C35H57IN2O4. The number of carbonyl (C=O) groups is 1. The summed E-state index contributed by atoms with van der Waals surface area (Å²) in [5, 5.41) is 2.95. The van der Waals surface area contributed by atoms with Gasteiger partial charge in [-0.2, -0.15) is 0 Å². The molecule has 1 aromatic carbocycles. The Bertz CT molecular complexity index is 956. The molecule has 0 aliphatic heterocycles. The van der Waals surface area contributed by atoms with Crippen molar-refractivity contribution >= 4 is 5.91 Å². The molecule has 2 aromatic rings. The lowest BCUT2D eigenvalue weighted by atomic mass is 10.0. The van der Waals surface area contributed by atoms with Crippen molar-refractivity contribution in [2.75, 3.05) is 26.9 Å². The van der Waals surface area contributed by atoms with Gasteiger partial charge in [-0.05, 0) is 18.6 Å². The number of carbonyl (C=O) groups excluding carboxylic acids is 1. The number of benzene rings is 1. The fourth-order valence-electron chi connectivity index (χ4n) is 5.07. The van der Waals surface area contributed by atoms with Crippen molar-refractivity contribution in [1.29, 1.82) is 0 Å². The van der Waals surface area contributed by atoms with Gasteiger partial charge in [-0.25, -0.2) is 4.57 Å². The van der Waals surface area contributed by atoms with Crippen molar-refractivity contribution in [1.82, 2.24) is 5.32 Å². The second kappa shape index (κ2) is 25.5. The Morgan fingerprint density at radius 3 is 2.02 bits per heavy atom. The first-order valence-corrected chi connectivity index (χ1v) is 16.4. The van der Waals surface area contributed by atoms with Gasteiger partial charge in [0.2, 0.25) is 0 Å².